The van der Waals surface area contributed by atoms with Gasteiger partial charge >= 0.3 is 12.0 Å². The number of hydrogen-bond acceptors (Lipinski definition) is 4. The number of carbonyl (C=O) groups is 2. The lowest BCUT2D eigenvalue weighted by Gasteiger charge is -2.11. The first-order valence-corrected chi connectivity index (χ1v) is 6.66. The van der Waals surface area contributed by atoms with Crippen molar-refractivity contribution >= 4 is 29.3 Å². The Morgan fingerprint density at radius 1 is 1.40 bits per heavy atom. The van der Waals surface area contributed by atoms with Crippen LogP contribution in [0.5, 0.6) is 0 Å². The molecule has 0 spiro atoms. The summed E-state index contributed by atoms with van der Waals surface area (Å²) in [6.45, 7) is 3.17. The fourth-order valence-electron chi connectivity index (χ4n) is 1.56. The van der Waals surface area contributed by atoms with Gasteiger partial charge in [0.25, 0.3) is 0 Å². The average molecular weight is 300 g/mol. The highest BCUT2D eigenvalue weighted by atomic mass is 35.5. The third-order valence-corrected chi connectivity index (χ3v) is 2.66. The van der Waals surface area contributed by atoms with Crippen LogP contribution < -0.4 is 16.4 Å². The Bertz CT molecular complexity index is 480. The molecule has 0 unspecified atom stereocenters. The van der Waals surface area contributed by atoms with Crippen molar-refractivity contribution in [2.45, 2.75) is 13.3 Å². The zero-order chi connectivity index (χ0) is 15.0. The van der Waals surface area contributed by atoms with Crippen LogP contribution in [0.4, 0.5) is 10.5 Å². The van der Waals surface area contributed by atoms with Gasteiger partial charge in [-0.15, -0.1) is 0 Å². The summed E-state index contributed by atoms with van der Waals surface area (Å²) in [4.78, 5) is 22.4. The molecule has 1 aromatic rings. The molecule has 0 aromatic heterocycles. The fraction of sp³-hybridized carbons (Fsp3) is 0.385. The second-order valence-corrected chi connectivity index (χ2v) is 4.44. The van der Waals surface area contributed by atoms with Crippen molar-refractivity contribution in [1.29, 1.82) is 0 Å². The first-order valence-electron chi connectivity index (χ1n) is 6.28. The molecule has 110 valence electrons. The molecular weight excluding hydrogens is 282 g/mol. The molecule has 0 aliphatic heterocycles. The maximum atomic E-state index is 12.0. The quantitative estimate of drug-likeness (QED) is 0.530. The standard InChI is InChI=1S/C13H18ClN3O3/c1-2-16-11-5-4-9(14)8-10(11)12(18)20-7-3-6-17-13(15)19/h4-5,8,16H,2-3,6-7H2,1H3,(H3,15,17,19). The minimum absolute atomic E-state index is 0.192. The monoisotopic (exact) mass is 299 g/mol. The van der Waals surface area contributed by atoms with Crippen LogP contribution in [-0.4, -0.2) is 31.7 Å². The van der Waals surface area contributed by atoms with Crippen molar-refractivity contribution in [3.05, 3.63) is 28.8 Å². The summed E-state index contributed by atoms with van der Waals surface area (Å²) >= 11 is 5.88. The number of primary amides is 1. The maximum Gasteiger partial charge on any atom is 0.340 e. The van der Waals surface area contributed by atoms with Gasteiger partial charge in [-0.05, 0) is 31.5 Å². The molecule has 6 nitrogen and oxygen atoms in total. The topological polar surface area (TPSA) is 93.4 Å². The molecule has 0 aliphatic rings. The lowest BCUT2D eigenvalue weighted by atomic mass is 10.2. The van der Waals surface area contributed by atoms with Crippen LogP contribution in [-0.2, 0) is 4.74 Å². The Morgan fingerprint density at radius 2 is 2.15 bits per heavy atom. The number of esters is 1. The number of benzene rings is 1. The lowest BCUT2D eigenvalue weighted by Crippen LogP contribution is -2.30. The van der Waals surface area contributed by atoms with Crippen molar-refractivity contribution in [2.24, 2.45) is 5.73 Å². The normalized spacial score (nSPS) is 9.90. The molecule has 0 fully saturated rings. The zero-order valence-corrected chi connectivity index (χ0v) is 12.0. The van der Waals surface area contributed by atoms with E-state index in [1.54, 1.807) is 18.2 Å². The molecule has 0 atom stereocenters. The molecule has 1 rings (SSSR count). The van der Waals surface area contributed by atoms with Crippen molar-refractivity contribution < 1.29 is 14.3 Å². The largest absolute Gasteiger partial charge is 0.462 e. The van der Waals surface area contributed by atoms with Gasteiger partial charge in [-0.3, -0.25) is 0 Å². The summed E-state index contributed by atoms with van der Waals surface area (Å²) < 4.78 is 5.12. The highest BCUT2D eigenvalue weighted by Crippen LogP contribution is 2.21. The summed E-state index contributed by atoms with van der Waals surface area (Å²) in [5.41, 5.74) is 5.98. The van der Waals surface area contributed by atoms with Crippen LogP contribution in [0.15, 0.2) is 18.2 Å². The van der Waals surface area contributed by atoms with Gasteiger partial charge in [0.2, 0.25) is 0 Å². The van der Waals surface area contributed by atoms with E-state index < -0.39 is 12.0 Å². The summed E-state index contributed by atoms with van der Waals surface area (Å²) in [6.07, 6.45) is 0.492. The van der Waals surface area contributed by atoms with E-state index in [4.69, 9.17) is 22.1 Å². The van der Waals surface area contributed by atoms with Crippen molar-refractivity contribution in [2.75, 3.05) is 25.0 Å². The number of urea groups is 1. The van der Waals surface area contributed by atoms with Gasteiger partial charge in [0.15, 0.2) is 0 Å². The van der Waals surface area contributed by atoms with Gasteiger partial charge in [0, 0.05) is 23.8 Å². The molecular formula is C13H18ClN3O3. The van der Waals surface area contributed by atoms with Crippen LogP contribution >= 0.6 is 11.6 Å². The predicted octanol–water partition coefficient (Wildman–Crippen LogP) is 1.99. The molecule has 7 heteroatoms. The van der Waals surface area contributed by atoms with Gasteiger partial charge in [0.05, 0.1) is 12.2 Å². The van der Waals surface area contributed by atoms with Crippen molar-refractivity contribution in [3.8, 4) is 0 Å². The Kier molecular flexibility index (Phi) is 6.66. The molecule has 0 saturated heterocycles. The van der Waals surface area contributed by atoms with Crippen LogP contribution in [0, 0.1) is 0 Å². The smallest absolute Gasteiger partial charge is 0.340 e. The Hall–Kier alpha value is -1.95. The fourth-order valence-corrected chi connectivity index (χ4v) is 1.73. The number of amides is 2. The van der Waals surface area contributed by atoms with E-state index in [9.17, 15) is 9.59 Å². The minimum atomic E-state index is -0.597. The van der Waals surface area contributed by atoms with E-state index in [-0.39, 0.29) is 6.61 Å². The number of carbonyl (C=O) groups excluding carboxylic acids is 2. The van der Waals surface area contributed by atoms with Gasteiger partial charge < -0.3 is 21.1 Å². The average Bonchev–Trinajstić information content (AvgIpc) is 2.40. The molecule has 2 amide bonds. The number of hydrogen-bond donors (Lipinski definition) is 3. The highest BCUT2D eigenvalue weighted by molar-refractivity contribution is 6.31. The van der Waals surface area contributed by atoms with E-state index >= 15 is 0 Å². The number of anilines is 1. The van der Waals surface area contributed by atoms with E-state index in [0.29, 0.717) is 35.8 Å². The van der Waals surface area contributed by atoms with Crippen LogP contribution in [0.2, 0.25) is 5.02 Å². The van der Waals surface area contributed by atoms with Crippen LogP contribution in [0.3, 0.4) is 0 Å². The van der Waals surface area contributed by atoms with E-state index in [1.807, 2.05) is 6.92 Å². The van der Waals surface area contributed by atoms with Gasteiger partial charge in [-0.1, -0.05) is 11.6 Å². The van der Waals surface area contributed by atoms with E-state index in [2.05, 4.69) is 10.6 Å². The first-order chi connectivity index (χ1) is 9.54. The molecule has 0 radical (unpaired) electrons. The second-order valence-electron chi connectivity index (χ2n) is 4.00. The highest BCUT2D eigenvalue weighted by Gasteiger charge is 2.13. The predicted molar refractivity (Wildman–Crippen MR) is 78.1 cm³/mol. The number of nitrogens with two attached hydrogens (primary N) is 1. The molecule has 0 saturated carbocycles. The van der Waals surface area contributed by atoms with Crippen LogP contribution in [0.25, 0.3) is 0 Å². The molecule has 0 aliphatic carbocycles. The minimum Gasteiger partial charge on any atom is -0.462 e. The Balaban J connectivity index is 2.53. The molecule has 0 heterocycles. The molecule has 0 bridgehead atoms. The van der Waals surface area contributed by atoms with Gasteiger partial charge in [-0.25, -0.2) is 9.59 Å². The number of nitrogens with one attached hydrogen (secondary N) is 2. The van der Waals surface area contributed by atoms with Crippen LogP contribution in [0.1, 0.15) is 23.7 Å². The Labute approximate surface area is 122 Å². The van der Waals surface area contributed by atoms with E-state index in [1.165, 1.54) is 0 Å². The number of rotatable bonds is 7. The maximum absolute atomic E-state index is 12.0. The third kappa shape index (κ3) is 5.36. The van der Waals surface area contributed by atoms with E-state index in [0.717, 1.165) is 0 Å². The van der Waals surface area contributed by atoms with Gasteiger partial charge in [-0.2, -0.15) is 0 Å². The summed E-state index contributed by atoms with van der Waals surface area (Å²) in [5.74, 6) is -0.456. The van der Waals surface area contributed by atoms with Gasteiger partial charge in [0.1, 0.15) is 0 Å². The number of halogens is 1. The molecule has 4 N–H and O–H groups in total. The summed E-state index contributed by atoms with van der Waals surface area (Å²) in [6, 6.07) is 4.40. The third-order valence-electron chi connectivity index (χ3n) is 2.42. The lowest BCUT2D eigenvalue weighted by molar-refractivity contribution is 0.0503. The van der Waals surface area contributed by atoms with Crippen molar-refractivity contribution in [3.63, 3.8) is 0 Å². The summed E-state index contributed by atoms with van der Waals surface area (Å²) in [7, 11) is 0. The molecule has 1 aromatic carbocycles. The molecule has 20 heavy (non-hydrogen) atoms. The summed E-state index contributed by atoms with van der Waals surface area (Å²) in [5, 5.41) is 5.95. The first kappa shape index (κ1) is 16.1. The van der Waals surface area contributed by atoms with Crippen molar-refractivity contribution in [1.82, 2.24) is 5.32 Å². The Morgan fingerprint density at radius 3 is 2.80 bits per heavy atom. The zero-order valence-electron chi connectivity index (χ0n) is 11.2. The SMILES string of the molecule is CCNc1ccc(Cl)cc1C(=O)OCCCNC(N)=O. The second kappa shape index (κ2) is 8.27. The number of ether oxygens (including phenoxy) is 1.